The van der Waals surface area contributed by atoms with Crippen molar-refractivity contribution in [1.29, 1.82) is 0 Å². The molecular weight excluding hydrogens is 222 g/mol. The van der Waals surface area contributed by atoms with Gasteiger partial charge in [-0.25, -0.2) is 9.59 Å². The maximum Gasteiger partial charge on any atom is 0.440 e. The van der Waals surface area contributed by atoms with E-state index in [2.05, 4.69) is 11.8 Å². The van der Waals surface area contributed by atoms with E-state index < -0.39 is 12.1 Å². The largest absolute Gasteiger partial charge is 0.447 e. The van der Waals surface area contributed by atoms with Crippen LogP contribution < -0.4 is 5.48 Å². The summed E-state index contributed by atoms with van der Waals surface area (Å²) in [6.45, 7) is 4.18. The number of hydrogen-bond donors (Lipinski definition) is 1. The van der Waals surface area contributed by atoms with E-state index in [4.69, 9.17) is 4.74 Å². The van der Waals surface area contributed by atoms with Crippen LogP contribution in [0.1, 0.15) is 58.8 Å². The Balaban J connectivity index is 3.25. The van der Waals surface area contributed by atoms with Crippen molar-refractivity contribution < 1.29 is 19.2 Å². The summed E-state index contributed by atoms with van der Waals surface area (Å²) in [7, 11) is 0. The second kappa shape index (κ2) is 11.2. The summed E-state index contributed by atoms with van der Waals surface area (Å²) in [5.41, 5.74) is 1.93. The molecule has 0 aromatic rings. The highest BCUT2D eigenvalue weighted by molar-refractivity contribution is 5.72. The van der Waals surface area contributed by atoms with E-state index in [-0.39, 0.29) is 6.42 Å². The van der Waals surface area contributed by atoms with Gasteiger partial charge in [0, 0.05) is 6.42 Å². The van der Waals surface area contributed by atoms with Crippen LogP contribution in [0.3, 0.4) is 0 Å². The molecule has 1 amide bonds. The highest BCUT2D eigenvalue weighted by Crippen LogP contribution is 2.04. The van der Waals surface area contributed by atoms with E-state index in [1.54, 1.807) is 6.92 Å². The Kier molecular flexibility index (Phi) is 10.4. The fraction of sp³-hybridized carbons (Fsp3) is 0.833. The maximum absolute atomic E-state index is 11.0. The predicted molar refractivity (Wildman–Crippen MR) is 64.2 cm³/mol. The molecule has 0 heterocycles. The smallest absolute Gasteiger partial charge is 0.440 e. The minimum Gasteiger partial charge on any atom is -0.447 e. The molecule has 0 aliphatic carbocycles. The summed E-state index contributed by atoms with van der Waals surface area (Å²) in [6.07, 6.45) is 6.30. The molecule has 100 valence electrons. The van der Waals surface area contributed by atoms with Gasteiger partial charge < -0.3 is 9.57 Å². The number of amides is 1. The van der Waals surface area contributed by atoms with Crippen LogP contribution in [0, 0.1) is 0 Å². The van der Waals surface area contributed by atoms with Crippen LogP contribution in [-0.2, 0) is 14.4 Å². The second-order valence-electron chi connectivity index (χ2n) is 3.83. The van der Waals surface area contributed by atoms with E-state index in [9.17, 15) is 9.59 Å². The van der Waals surface area contributed by atoms with Crippen molar-refractivity contribution in [1.82, 2.24) is 5.48 Å². The zero-order valence-corrected chi connectivity index (χ0v) is 10.8. The third-order valence-electron chi connectivity index (χ3n) is 2.27. The highest BCUT2D eigenvalue weighted by Gasteiger charge is 2.04. The zero-order valence-electron chi connectivity index (χ0n) is 10.8. The topological polar surface area (TPSA) is 64.6 Å². The Morgan fingerprint density at radius 2 is 1.65 bits per heavy atom. The highest BCUT2D eigenvalue weighted by atomic mass is 16.7. The Labute approximate surface area is 103 Å². The maximum atomic E-state index is 11.0. The van der Waals surface area contributed by atoms with E-state index in [1.807, 2.05) is 5.48 Å². The summed E-state index contributed by atoms with van der Waals surface area (Å²) in [5.74, 6) is -0.485. The van der Waals surface area contributed by atoms with Crippen LogP contribution in [-0.4, -0.2) is 18.7 Å². The normalized spacial score (nSPS) is 9.76. The van der Waals surface area contributed by atoms with Crippen LogP contribution in [0.5, 0.6) is 0 Å². The number of hydrogen-bond acceptors (Lipinski definition) is 4. The van der Waals surface area contributed by atoms with E-state index in [0.29, 0.717) is 6.61 Å². The van der Waals surface area contributed by atoms with Crippen LogP contribution in [0.2, 0.25) is 0 Å². The molecule has 0 atom stereocenters. The van der Waals surface area contributed by atoms with Crippen molar-refractivity contribution in [2.75, 3.05) is 6.61 Å². The van der Waals surface area contributed by atoms with Gasteiger partial charge in [-0.3, -0.25) is 0 Å². The zero-order chi connectivity index (χ0) is 12.9. The molecule has 0 fully saturated rings. The van der Waals surface area contributed by atoms with Crippen molar-refractivity contribution in [2.24, 2.45) is 0 Å². The summed E-state index contributed by atoms with van der Waals surface area (Å²) in [6, 6.07) is 0. The molecule has 0 spiro atoms. The van der Waals surface area contributed by atoms with Gasteiger partial charge in [0.25, 0.3) is 0 Å². The molecule has 5 heteroatoms. The summed E-state index contributed by atoms with van der Waals surface area (Å²) >= 11 is 0. The molecule has 0 aromatic heterocycles. The minimum absolute atomic E-state index is 0.220. The average molecular weight is 245 g/mol. The van der Waals surface area contributed by atoms with Crippen molar-refractivity contribution >= 4 is 12.1 Å². The fourth-order valence-corrected chi connectivity index (χ4v) is 1.25. The first-order chi connectivity index (χ1) is 8.20. The number of carbonyl (C=O) groups is 2. The molecule has 0 radical (unpaired) electrons. The molecule has 5 nitrogen and oxygen atoms in total. The monoisotopic (exact) mass is 245 g/mol. The van der Waals surface area contributed by atoms with Crippen LogP contribution in [0.15, 0.2) is 0 Å². The van der Waals surface area contributed by atoms with Crippen molar-refractivity contribution in [3.63, 3.8) is 0 Å². The summed E-state index contributed by atoms with van der Waals surface area (Å²) in [5, 5.41) is 0. The molecule has 0 bridgehead atoms. The van der Waals surface area contributed by atoms with Gasteiger partial charge in [0.2, 0.25) is 0 Å². The number of ether oxygens (including phenoxy) is 1. The van der Waals surface area contributed by atoms with Gasteiger partial charge in [-0.05, 0) is 6.42 Å². The van der Waals surface area contributed by atoms with Crippen molar-refractivity contribution in [3.8, 4) is 0 Å². The Morgan fingerprint density at radius 3 is 2.29 bits per heavy atom. The number of carbonyl (C=O) groups excluding carboxylic acids is 2. The van der Waals surface area contributed by atoms with Crippen LogP contribution >= 0.6 is 0 Å². The molecule has 0 saturated carbocycles. The van der Waals surface area contributed by atoms with Crippen molar-refractivity contribution in [3.05, 3.63) is 0 Å². The molecule has 0 aromatic carbocycles. The lowest BCUT2D eigenvalue weighted by atomic mass is 10.1. The number of hydroxylamine groups is 1. The first kappa shape index (κ1) is 15.7. The molecule has 1 N–H and O–H groups in total. The van der Waals surface area contributed by atoms with Gasteiger partial charge in [0.1, 0.15) is 0 Å². The molecule has 0 saturated heterocycles. The third kappa shape index (κ3) is 11.0. The van der Waals surface area contributed by atoms with Gasteiger partial charge in [0.15, 0.2) is 0 Å². The third-order valence-corrected chi connectivity index (χ3v) is 2.27. The minimum atomic E-state index is -0.708. The van der Waals surface area contributed by atoms with Crippen molar-refractivity contribution in [2.45, 2.75) is 58.8 Å². The van der Waals surface area contributed by atoms with Gasteiger partial charge in [0.05, 0.1) is 6.61 Å². The van der Waals surface area contributed by atoms with Gasteiger partial charge in [-0.1, -0.05) is 46.0 Å². The standard InChI is InChI=1S/C12H23NO4/c1-3-5-6-7-8-9-10-16-12(15)13-17-11(14)4-2/h3-10H2,1-2H3,(H,13,15). The van der Waals surface area contributed by atoms with Crippen LogP contribution in [0.25, 0.3) is 0 Å². The fourth-order valence-electron chi connectivity index (χ4n) is 1.25. The van der Waals surface area contributed by atoms with Gasteiger partial charge in [-0.15, -0.1) is 5.48 Å². The van der Waals surface area contributed by atoms with Crippen LogP contribution in [0.4, 0.5) is 4.79 Å². The molecule has 0 aliphatic rings. The summed E-state index contributed by atoms with van der Waals surface area (Å²) in [4.78, 5) is 26.1. The Morgan fingerprint density at radius 1 is 1.00 bits per heavy atom. The first-order valence-corrected chi connectivity index (χ1v) is 6.33. The second-order valence-corrected chi connectivity index (χ2v) is 3.83. The SMILES string of the molecule is CCCCCCCCOC(=O)NOC(=O)CC. The molecule has 0 rings (SSSR count). The van der Waals surface area contributed by atoms with E-state index >= 15 is 0 Å². The Bertz CT molecular complexity index is 219. The number of nitrogens with one attached hydrogen (secondary N) is 1. The lowest BCUT2D eigenvalue weighted by Crippen LogP contribution is -2.27. The summed E-state index contributed by atoms with van der Waals surface area (Å²) < 4.78 is 4.82. The number of unbranched alkanes of at least 4 members (excludes halogenated alkanes) is 5. The number of rotatable bonds is 8. The average Bonchev–Trinajstić information content (AvgIpc) is 2.34. The first-order valence-electron chi connectivity index (χ1n) is 6.33. The Hall–Kier alpha value is -1.26. The van der Waals surface area contributed by atoms with E-state index in [0.717, 1.165) is 12.8 Å². The van der Waals surface area contributed by atoms with E-state index in [1.165, 1.54) is 25.7 Å². The van der Waals surface area contributed by atoms with Gasteiger partial charge >= 0.3 is 12.1 Å². The lowest BCUT2D eigenvalue weighted by molar-refractivity contribution is -0.149. The molecule has 17 heavy (non-hydrogen) atoms. The lowest BCUT2D eigenvalue weighted by Gasteiger charge is -2.06. The molecular formula is C12H23NO4. The van der Waals surface area contributed by atoms with Gasteiger partial charge in [-0.2, -0.15) is 0 Å². The molecule has 0 unspecified atom stereocenters. The molecule has 0 aliphatic heterocycles. The predicted octanol–water partition coefficient (Wildman–Crippen LogP) is 2.94. The quantitative estimate of drug-likeness (QED) is 0.527.